The Morgan fingerprint density at radius 3 is 2.65 bits per heavy atom. The number of aromatic amines is 1. The summed E-state index contributed by atoms with van der Waals surface area (Å²) in [6.45, 7) is 6.30. The lowest BCUT2D eigenvalue weighted by Crippen LogP contribution is -2.47. The Hall–Kier alpha value is -5.28. The van der Waals surface area contributed by atoms with E-state index in [1.54, 1.807) is 53.4 Å². The highest BCUT2D eigenvalue weighted by Gasteiger charge is 2.45. The van der Waals surface area contributed by atoms with Crippen LogP contribution in [0.1, 0.15) is 71.7 Å². The van der Waals surface area contributed by atoms with E-state index in [4.69, 9.17) is 4.74 Å². The molecule has 1 aliphatic carbocycles. The van der Waals surface area contributed by atoms with Crippen molar-refractivity contribution in [1.29, 1.82) is 0 Å². The Labute approximate surface area is 301 Å². The highest BCUT2D eigenvalue weighted by atomic mass is 32.2. The monoisotopic (exact) mass is 726 g/mol. The van der Waals surface area contributed by atoms with Crippen molar-refractivity contribution < 1.29 is 27.9 Å². The van der Waals surface area contributed by atoms with Gasteiger partial charge in [-0.15, -0.1) is 5.10 Å². The molecule has 2 aliphatic rings. The molecule has 2 fully saturated rings. The number of nitrogens with zero attached hydrogens (tertiary/aromatic N) is 5. The lowest BCUT2D eigenvalue weighted by Gasteiger charge is -2.53. The molecule has 0 amide bonds. The van der Waals surface area contributed by atoms with E-state index in [1.807, 2.05) is 19.9 Å². The number of aldehydes is 1. The first-order valence-corrected chi connectivity index (χ1v) is 19.0. The van der Waals surface area contributed by atoms with Gasteiger partial charge in [-0.25, -0.2) is 22.4 Å². The second-order valence-corrected chi connectivity index (χ2v) is 15.5. The standard InChI is InChI=1S/C37H42N8O6S/c1-3-51-33-30(27-21-38-39-22-27)10-14-45-34(33)42-36(43-45)41-32-9-7-29(17-24(32)2)52(49,50)40-13-4-5-25-19-37(20-25)11-15-44(16-12-37)28-6-8-31(35(47)48)26(18-28)23-46/h6-10,14,17-18,21-23,25,40H,3-5,11-13,15-16,19-20H2,1-2H3,(H,38,39)(H,41,43)(H,47,48). The number of carboxylic acid groups (broad SMARTS) is 1. The van der Waals surface area contributed by atoms with Crippen molar-refractivity contribution in [3.05, 3.63) is 77.7 Å². The molecule has 15 heteroatoms. The molecule has 0 atom stereocenters. The summed E-state index contributed by atoms with van der Waals surface area (Å²) in [5.74, 6) is 0.420. The molecule has 7 rings (SSSR count). The molecule has 2 aromatic carbocycles. The Bertz CT molecular complexity index is 2200. The third-order valence-corrected chi connectivity index (χ3v) is 11.9. The predicted octanol–water partition coefficient (Wildman–Crippen LogP) is 5.84. The fourth-order valence-electron chi connectivity index (χ4n) is 7.69. The number of fused-ring (bicyclic) bond motifs is 1. The molecule has 272 valence electrons. The number of piperidine rings is 1. The number of carbonyl (C=O) groups is 2. The summed E-state index contributed by atoms with van der Waals surface area (Å²) >= 11 is 0. The molecule has 1 saturated carbocycles. The van der Waals surface area contributed by atoms with Crippen LogP contribution in [0.2, 0.25) is 0 Å². The number of rotatable bonds is 14. The normalized spacial score (nSPS) is 15.8. The molecule has 0 unspecified atom stereocenters. The minimum atomic E-state index is -3.69. The molecule has 4 heterocycles. The van der Waals surface area contributed by atoms with Crippen molar-refractivity contribution in [3.63, 3.8) is 0 Å². The number of benzene rings is 2. The van der Waals surface area contributed by atoms with Crippen molar-refractivity contribution in [2.45, 2.75) is 57.3 Å². The molecule has 14 nitrogen and oxygen atoms in total. The zero-order valence-corrected chi connectivity index (χ0v) is 29.9. The van der Waals surface area contributed by atoms with Crippen molar-refractivity contribution in [3.8, 4) is 16.9 Å². The van der Waals surface area contributed by atoms with Crippen LogP contribution in [0.15, 0.2) is 66.0 Å². The van der Waals surface area contributed by atoms with Gasteiger partial charge in [0.1, 0.15) is 0 Å². The summed E-state index contributed by atoms with van der Waals surface area (Å²) in [4.78, 5) is 29.9. The molecule has 1 spiro atoms. The molecule has 1 aliphatic heterocycles. The van der Waals surface area contributed by atoms with Crippen LogP contribution >= 0.6 is 0 Å². The maximum Gasteiger partial charge on any atom is 0.336 e. The molecule has 0 radical (unpaired) electrons. The van der Waals surface area contributed by atoms with Gasteiger partial charge in [0.15, 0.2) is 17.7 Å². The highest BCUT2D eigenvalue weighted by molar-refractivity contribution is 7.89. The van der Waals surface area contributed by atoms with E-state index in [1.165, 1.54) is 6.07 Å². The number of aromatic nitrogens is 5. The van der Waals surface area contributed by atoms with Crippen molar-refractivity contribution >= 4 is 45.2 Å². The Balaban J connectivity index is 0.889. The topological polar surface area (TPSA) is 184 Å². The van der Waals surface area contributed by atoms with Crippen LogP contribution in [-0.4, -0.2) is 76.8 Å². The molecular formula is C37H42N8O6S. The van der Waals surface area contributed by atoms with Crippen LogP contribution in [0.25, 0.3) is 16.8 Å². The maximum atomic E-state index is 13.2. The summed E-state index contributed by atoms with van der Waals surface area (Å²) in [5, 5.41) is 23.9. The van der Waals surface area contributed by atoms with Gasteiger partial charge in [-0.3, -0.25) is 9.89 Å². The quantitative estimate of drug-likeness (QED) is 0.0797. The smallest absolute Gasteiger partial charge is 0.336 e. The Morgan fingerprint density at radius 1 is 1.15 bits per heavy atom. The number of nitrogens with one attached hydrogen (secondary N) is 3. The number of anilines is 3. The van der Waals surface area contributed by atoms with E-state index >= 15 is 0 Å². The average Bonchev–Trinajstić information content (AvgIpc) is 3.81. The van der Waals surface area contributed by atoms with E-state index < -0.39 is 16.0 Å². The Morgan fingerprint density at radius 2 is 1.96 bits per heavy atom. The van der Waals surface area contributed by atoms with Crippen molar-refractivity contribution in [1.82, 2.24) is 29.5 Å². The summed E-state index contributed by atoms with van der Waals surface area (Å²) in [6, 6.07) is 11.8. The van der Waals surface area contributed by atoms with E-state index in [-0.39, 0.29) is 16.0 Å². The van der Waals surface area contributed by atoms with Gasteiger partial charge in [-0.05, 0) is 112 Å². The van der Waals surface area contributed by atoms with Crippen LogP contribution in [0.3, 0.4) is 0 Å². The van der Waals surface area contributed by atoms with Crippen LogP contribution in [0, 0.1) is 18.3 Å². The number of aryl methyl sites for hydroxylation is 1. The fourth-order valence-corrected chi connectivity index (χ4v) is 8.85. The number of carbonyl (C=O) groups excluding carboxylic acids is 1. The van der Waals surface area contributed by atoms with Crippen LogP contribution in [0.5, 0.6) is 5.75 Å². The largest absolute Gasteiger partial charge is 0.489 e. The lowest BCUT2D eigenvalue weighted by molar-refractivity contribution is 0.0228. The second-order valence-electron chi connectivity index (χ2n) is 13.8. The molecule has 5 aromatic rings. The van der Waals surface area contributed by atoms with Crippen LogP contribution in [-0.2, 0) is 10.0 Å². The zero-order valence-electron chi connectivity index (χ0n) is 29.1. The molecule has 4 N–H and O–H groups in total. The SMILES string of the molecule is CCOc1c(-c2cn[nH]c2)ccn2nc(Nc3ccc(S(=O)(=O)NCCCC4CC5(CCN(c6ccc(C(=O)O)c(C=O)c6)CC5)C4)cc3C)nc12. The van der Waals surface area contributed by atoms with E-state index in [0.29, 0.717) is 53.8 Å². The van der Waals surface area contributed by atoms with Gasteiger partial charge in [0.05, 0.1) is 23.3 Å². The van der Waals surface area contributed by atoms with Crippen molar-refractivity contribution in [2.24, 2.45) is 11.3 Å². The molecule has 1 saturated heterocycles. The zero-order chi connectivity index (χ0) is 36.5. The third-order valence-electron chi connectivity index (χ3n) is 10.4. The van der Waals surface area contributed by atoms with Gasteiger partial charge in [0.2, 0.25) is 16.0 Å². The molecular weight excluding hydrogens is 685 g/mol. The average molecular weight is 727 g/mol. The van der Waals surface area contributed by atoms with E-state index in [0.717, 1.165) is 74.0 Å². The first-order chi connectivity index (χ1) is 25.1. The van der Waals surface area contributed by atoms with Gasteiger partial charge in [-0.1, -0.05) is 0 Å². The van der Waals surface area contributed by atoms with Gasteiger partial charge >= 0.3 is 5.97 Å². The van der Waals surface area contributed by atoms with Gasteiger partial charge in [0.25, 0.3) is 0 Å². The Kier molecular flexibility index (Phi) is 9.72. The fraction of sp³-hybridized carbons (Fsp3) is 0.378. The number of H-pyrrole nitrogens is 1. The number of sulfonamides is 1. The number of pyridine rings is 1. The summed E-state index contributed by atoms with van der Waals surface area (Å²) < 4.78 is 36.7. The minimum Gasteiger partial charge on any atom is -0.489 e. The first-order valence-electron chi connectivity index (χ1n) is 17.5. The highest BCUT2D eigenvalue weighted by Crippen LogP contribution is 2.54. The molecule has 3 aromatic heterocycles. The van der Waals surface area contributed by atoms with Crippen LogP contribution < -0.4 is 19.7 Å². The summed E-state index contributed by atoms with van der Waals surface area (Å²) in [6.07, 6.45) is 12.0. The van der Waals surface area contributed by atoms with Gasteiger partial charge in [-0.2, -0.15) is 10.1 Å². The number of hydrogen-bond acceptors (Lipinski definition) is 10. The molecule has 0 bridgehead atoms. The summed E-state index contributed by atoms with van der Waals surface area (Å²) in [5.41, 5.74) is 5.10. The van der Waals surface area contributed by atoms with E-state index in [9.17, 15) is 23.1 Å². The number of carboxylic acids is 1. The van der Waals surface area contributed by atoms with Crippen molar-refractivity contribution in [2.75, 3.05) is 36.5 Å². The van der Waals surface area contributed by atoms with E-state index in [2.05, 4.69) is 35.2 Å². The first kappa shape index (κ1) is 35.1. The number of hydrogen-bond donors (Lipinski definition) is 4. The number of aromatic carboxylic acids is 1. The lowest BCUT2D eigenvalue weighted by atomic mass is 9.56. The van der Waals surface area contributed by atoms with Crippen LogP contribution in [0.4, 0.5) is 17.3 Å². The number of ether oxygens (including phenoxy) is 1. The molecule has 52 heavy (non-hydrogen) atoms. The third kappa shape index (κ3) is 7.10. The predicted molar refractivity (Wildman–Crippen MR) is 196 cm³/mol. The van der Waals surface area contributed by atoms with Gasteiger partial charge < -0.3 is 20.1 Å². The maximum absolute atomic E-state index is 13.2. The van der Waals surface area contributed by atoms with Gasteiger partial charge in [0, 0.05) is 60.1 Å². The summed E-state index contributed by atoms with van der Waals surface area (Å²) in [7, 11) is -3.69. The second kappa shape index (κ2) is 14.4. The minimum absolute atomic E-state index is 0.0220.